The van der Waals surface area contributed by atoms with Crippen LogP contribution in [0, 0.1) is 11.7 Å². The third-order valence-electron chi connectivity index (χ3n) is 5.91. The maximum atomic E-state index is 13.2. The van der Waals surface area contributed by atoms with E-state index in [1.54, 1.807) is 24.4 Å². The van der Waals surface area contributed by atoms with E-state index < -0.39 is 12.0 Å². The minimum Gasteiger partial charge on any atom is -0.480 e. The number of aliphatic carboxylic acids is 1. The van der Waals surface area contributed by atoms with Gasteiger partial charge in [-0.2, -0.15) is 0 Å². The zero-order valence-electron chi connectivity index (χ0n) is 18.1. The number of H-pyrrole nitrogens is 1. The molecule has 0 aliphatic carbocycles. The lowest BCUT2D eigenvalue weighted by molar-refractivity contribution is -0.143. The number of hydrogen-bond donors (Lipinski definition) is 3. The Labute approximate surface area is 185 Å². The van der Waals surface area contributed by atoms with Gasteiger partial charge in [0.2, 0.25) is 5.91 Å². The molecule has 0 spiro atoms. The Bertz CT molecular complexity index is 1120. The van der Waals surface area contributed by atoms with Crippen molar-refractivity contribution in [2.45, 2.75) is 19.9 Å². The van der Waals surface area contributed by atoms with Crippen molar-refractivity contribution in [2.75, 3.05) is 36.4 Å². The average Bonchev–Trinajstić information content (AvgIpc) is 3.17. The molecule has 168 valence electrons. The number of rotatable bonds is 6. The molecule has 1 atom stereocenters. The first kappa shape index (κ1) is 21.8. The standard InChI is InChI=1S/C24H27FN4O3/c1-15(2)23(30)27-17-5-8-21-19(13-17)20(14-26-21)22(24(31)32)29-11-9-28(10-12-29)18-6-3-16(25)4-7-18/h3-8,13-15,22,26H,9-12H2,1-2H3,(H,27,30)(H,31,32)/t22-/m1/s1. The van der Waals surface area contributed by atoms with E-state index in [-0.39, 0.29) is 17.6 Å². The van der Waals surface area contributed by atoms with Crippen molar-refractivity contribution in [1.29, 1.82) is 0 Å². The van der Waals surface area contributed by atoms with Gasteiger partial charge in [-0.1, -0.05) is 13.8 Å². The molecule has 1 fully saturated rings. The van der Waals surface area contributed by atoms with Crippen LogP contribution in [0.4, 0.5) is 15.8 Å². The van der Waals surface area contributed by atoms with Crippen molar-refractivity contribution in [2.24, 2.45) is 5.92 Å². The van der Waals surface area contributed by atoms with Crippen molar-refractivity contribution >= 4 is 34.2 Å². The molecule has 0 bridgehead atoms. The molecule has 1 aliphatic rings. The van der Waals surface area contributed by atoms with Gasteiger partial charge in [-0.3, -0.25) is 14.5 Å². The van der Waals surface area contributed by atoms with Crippen LogP contribution >= 0.6 is 0 Å². The first-order chi connectivity index (χ1) is 15.3. The smallest absolute Gasteiger partial charge is 0.325 e. The topological polar surface area (TPSA) is 88.7 Å². The van der Waals surface area contributed by atoms with Crippen LogP contribution in [0.5, 0.6) is 0 Å². The fraction of sp³-hybridized carbons (Fsp3) is 0.333. The number of amides is 1. The Morgan fingerprint density at radius 2 is 1.75 bits per heavy atom. The van der Waals surface area contributed by atoms with Crippen LogP contribution in [-0.4, -0.2) is 53.0 Å². The number of anilines is 2. The maximum Gasteiger partial charge on any atom is 0.325 e. The molecule has 3 N–H and O–H groups in total. The van der Waals surface area contributed by atoms with Crippen molar-refractivity contribution in [3.8, 4) is 0 Å². The first-order valence-corrected chi connectivity index (χ1v) is 10.7. The number of nitrogens with zero attached hydrogens (tertiary/aromatic N) is 2. The molecule has 0 saturated carbocycles. The highest BCUT2D eigenvalue weighted by molar-refractivity contribution is 5.96. The molecule has 3 aromatic rings. The summed E-state index contributed by atoms with van der Waals surface area (Å²) < 4.78 is 13.2. The third kappa shape index (κ3) is 4.45. The monoisotopic (exact) mass is 438 g/mol. The zero-order chi connectivity index (χ0) is 22.8. The predicted octanol–water partition coefficient (Wildman–Crippen LogP) is 3.85. The van der Waals surface area contributed by atoms with E-state index in [9.17, 15) is 19.1 Å². The molecule has 1 aliphatic heterocycles. The Kier molecular flexibility index (Phi) is 6.14. The van der Waals surface area contributed by atoms with Crippen LogP contribution in [0.1, 0.15) is 25.5 Å². The summed E-state index contributed by atoms with van der Waals surface area (Å²) in [6.45, 7) is 6.06. The van der Waals surface area contributed by atoms with Crippen LogP contribution in [0.3, 0.4) is 0 Å². The zero-order valence-corrected chi connectivity index (χ0v) is 18.1. The normalized spacial score (nSPS) is 15.8. The fourth-order valence-electron chi connectivity index (χ4n) is 4.11. The number of hydrogen-bond acceptors (Lipinski definition) is 4. The van der Waals surface area contributed by atoms with Gasteiger partial charge in [-0.05, 0) is 42.5 Å². The van der Waals surface area contributed by atoms with Gasteiger partial charge in [0.05, 0.1) is 0 Å². The number of carbonyl (C=O) groups excluding carboxylic acids is 1. The summed E-state index contributed by atoms with van der Waals surface area (Å²) in [5, 5.41) is 13.7. The number of carboxylic acids is 1. The fourth-order valence-corrected chi connectivity index (χ4v) is 4.11. The van der Waals surface area contributed by atoms with E-state index in [1.165, 1.54) is 12.1 Å². The minimum atomic E-state index is -0.919. The van der Waals surface area contributed by atoms with Crippen LogP contribution in [0.25, 0.3) is 10.9 Å². The van der Waals surface area contributed by atoms with Gasteiger partial charge in [0, 0.05) is 66.1 Å². The number of piperazine rings is 1. The Morgan fingerprint density at radius 1 is 1.06 bits per heavy atom. The second-order valence-corrected chi connectivity index (χ2v) is 8.39. The summed E-state index contributed by atoms with van der Waals surface area (Å²) in [5.41, 5.74) is 3.06. The predicted molar refractivity (Wildman–Crippen MR) is 122 cm³/mol. The highest BCUT2D eigenvalue weighted by atomic mass is 19.1. The first-order valence-electron chi connectivity index (χ1n) is 10.7. The number of carbonyl (C=O) groups is 2. The summed E-state index contributed by atoms with van der Waals surface area (Å²) in [7, 11) is 0. The number of halogens is 1. The van der Waals surface area contributed by atoms with Gasteiger partial charge in [0.25, 0.3) is 0 Å². The van der Waals surface area contributed by atoms with Crippen molar-refractivity contribution in [3.63, 3.8) is 0 Å². The molecule has 2 heterocycles. The van der Waals surface area contributed by atoms with Gasteiger partial charge in [-0.15, -0.1) is 0 Å². The van der Waals surface area contributed by atoms with E-state index in [1.807, 2.05) is 30.9 Å². The van der Waals surface area contributed by atoms with Gasteiger partial charge in [0.15, 0.2) is 0 Å². The highest BCUT2D eigenvalue weighted by Crippen LogP contribution is 2.32. The lowest BCUT2D eigenvalue weighted by Gasteiger charge is -2.38. The molecular weight excluding hydrogens is 411 g/mol. The van der Waals surface area contributed by atoms with Gasteiger partial charge in [0.1, 0.15) is 11.9 Å². The van der Waals surface area contributed by atoms with E-state index in [0.717, 1.165) is 16.6 Å². The Hall–Kier alpha value is -3.39. The van der Waals surface area contributed by atoms with E-state index in [0.29, 0.717) is 37.4 Å². The Morgan fingerprint density at radius 3 is 2.38 bits per heavy atom. The molecule has 1 saturated heterocycles. The second kappa shape index (κ2) is 9.00. The number of fused-ring (bicyclic) bond motifs is 1. The molecule has 32 heavy (non-hydrogen) atoms. The van der Waals surface area contributed by atoms with Crippen LogP contribution in [0.2, 0.25) is 0 Å². The number of benzene rings is 2. The molecule has 7 nitrogen and oxygen atoms in total. The highest BCUT2D eigenvalue weighted by Gasteiger charge is 2.32. The quantitative estimate of drug-likeness (QED) is 0.544. The molecule has 1 aromatic heterocycles. The van der Waals surface area contributed by atoms with E-state index in [4.69, 9.17) is 0 Å². The molecule has 1 amide bonds. The van der Waals surface area contributed by atoms with Crippen molar-refractivity contribution < 1.29 is 19.1 Å². The molecular formula is C24H27FN4O3. The summed E-state index contributed by atoms with van der Waals surface area (Å²) in [6, 6.07) is 11.0. The SMILES string of the molecule is CC(C)C(=O)Nc1ccc2[nH]cc([C@H](C(=O)O)N3CCN(c4ccc(F)cc4)CC3)c2c1. The number of aromatic amines is 1. The minimum absolute atomic E-state index is 0.0897. The second-order valence-electron chi connectivity index (χ2n) is 8.39. The van der Waals surface area contributed by atoms with Crippen molar-refractivity contribution in [3.05, 3.63) is 60.0 Å². The molecule has 2 aromatic carbocycles. The average molecular weight is 439 g/mol. The number of carboxylic acid groups (broad SMARTS) is 1. The number of nitrogens with one attached hydrogen (secondary N) is 2. The van der Waals surface area contributed by atoms with Crippen molar-refractivity contribution in [1.82, 2.24) is 9.88 Å². The molecule has 8 heteroatoms. The molecule has 0 unspecified atom stereocenters. The Balaban J connectivity index is 1.56. The van der Waals surface area contributed by atoms with E-state index in [2.05, 4.69) is 15.2 Å². The largest absolute Gasteiger partial charge is 0.480 e. The van der Waals surface area contributed by atoms with Gasteiger partial charge in [-0.25, -0.2) is 4.39 Å². The lowest BCUT2D eigenvalue weighted by atomic mass is 10.0. The van der Waals surface area contributed by atoms with Gasteiger partial charge >= 0.3 is 5.97 Å². The summed E-state index contributed by atoms with van der Waals surface area (Å²) in [5.74, 6) is -1.44. The molecule has 0 radical (unpaired) electrons. The maximum absolute atomic E-state index is 13.2. The van der Waals surface area contributed by atoms with Crippen LogP contribution < -0.4 is 10.2 Å². The van der Waals surface area contributed by atoms with E-state index >= 15 is 0 Å². The summed E-state index contributed by atoms with van der Waals surface area (Å²) in [4.78, 5) is 31.6. The summed E-state index contributed by atoms with van der Waals surface area (Å²) in [6.07, 6.45) is 1.74. The lowest BCUT2D eigenvalue weighted by Crippen LogP contribution is -2.49. The van der Waals surface area contributed by atoms with Crippen LogP contribution in [-0.2, 0) is 9.59 Å². The number of aromatic nitrogens is 1. The summed E-state index contributed by atoms with van der Waals surface area (Å²) >= 11 is 0. The van der Waals surface area contributed by atoms with Gasteiger partial charge < -0.3 is 20.3 Å². The van der Waals surface area contributed by atoms with Crippen LogP contribution in [0.15, 0.2) is 48.7 Å². The molecule has 4 rings (SSSR count). The third-order valence-corrected chi connectivity index (χ3v) is 5.91.